The van der Waals surface area contributed by atoms with Gasteiger partial charge in [-0.05, 0) is 36.2 Å². The first-order chi connectivity index (χ1) is 9.03. The summed E-state index contributed by atoms with van der Waals surface area (Å²) < 4.78 is 26.9. The summed E-state index contributed by atoms with van der Waals surface area (Å²) in [6, 6.07) is 13.6. The van der Waals surface area contributed by atoms with Crippen LogP contribution >= 0.6 is 11.6 Å². The Kier molecular flexibility index (Phi) is 4.12. The highest BCUT2D eigenvalue weighted by Gasteiger charge is 2.17. The van der Waals surface area contributed by atoms with Crippen LogP contribution in [0.2, 0.25) is 5.02 Å². The Morgan fingerprint density at radius 2 is 1.68 bits per heavy atom. The SMILES string of the molecule is CCc1ccc(NS(=O)(=O)c2ccccc2Cl)cc1. The number of sulfonamides is 1. The molecule has 19 heavy (non-hydrogen) atoms. The zero-order valence-electron chi connectivity index (χ0n) is 10.4. The first-order valence-corrected chi connectivity index (χ1v) is 7.75. The molecule has 2 aromatic carbocycles. The molecule has 0 radical (unpaired) electrons. The van der Waals surface area contributed by atoms with Gasteiger partial charge in [-0.15, -0.1) is 0 Å². The predicted molar refractivity (Wildman–Crippen MR) is 78.1 cm³/mol. The molecule has 0 unspecified atom stereocenters. The smallest absolute Gasteiger partial charge is 0.263 e. The van der Waals surface area contributed by atoms with E-state index < -0.39 is 10.0 Å². The molecule has 100 valence electrons. The van der Waals surface area contributed by atoms with Gasteiger partial charge in [-0.2, -0.15) is 0 Å². The highest BCUT2D eigenvalue weighted by molar-refractivity contribution is 7.92. The average Bonchev–Trinajstić information content (AvgIpc) is 2.39. The summed E-state index contributed by atoms with van der Waals surface area (Å²) in [5, 5.41) is 0.208. The lowest BCUT2D eigenvalue weighted by atomic mass is 10.2. The second-order valence-electron chi connectivity index (χ2n) is 4.09. The lowest BCUT2D eigenvalue weighted by molar-refractivity contribution is 0.601. The minimum atomic E-state index is -3.65. The van der Waals surface area contributed by atoms with E-state index in [1.54, 1.807) is 30.3 Å². The van der Waals surface area contributed by atoms with Gasteiger partial charge >= 0.3 is 0 Å². The molecule has 5 heteroatoms. The summed E-state index contributed by atoms with van der Waals surface area (Å²) in [5.74, 6) is 0. The Bertz CT molecular complexity index is 666. The standard InChI is InChI=1S/C14H14ClNO2S/c1-2-11-7-9-12(10-8-11)16-19(17,18)14-6-4-3-5-13(14)15/h3-10,16H,2H2,1H3. The zero-order valence-corrected chi connectivity index (χ0v) is 12.0. The van der Waals surface area contributed by atoms with E-state index in [1.807, 2.05) is 19.1 Å². The third kappa shape index (κ3) is 3.28. The number of benzene rings is 2. The Labute approximate surface area is 118 Å². The summed E-state index contributed by atoms with van der Waals surface area (Å²) in [6.07, 6.45) is 0.914. The minimum absolute atomic E-state index is 0.0798. The molecule has 0 aliphatic carbocycles. The van der Waals surface area contributed by atoms with Gasteiger partial charge in [-0.1, -0.05) is 42.8 Å². The van der Waals surface area contributed by atoms with Crippen molar-refractivity contribution in [2.75, 3.05) is 4.72 Å². The van der Waals surface area contributed by atoms with Gasteiger partial charge < -0.3 is 0 Å². The van der Waals surface area contributed by atoms with E-state index >= 15 is 0 Å². The fraction of sp³-hybridized carbons (Fsp3) is 0.143. The maximum absolute atomic E-state index is 12.2. The molecular formula is C14H14ClNO2S. The Morgan fingerprint density at radius 3 is 2.26 bits per heavy atom. The first kappa shape index (κ1) is 13.9. The Balaban J connectivity index is 2.28. The number of hydrogen-bond acceptors (Lipinski definition) is 2. The third-order valence-corrected chi connectivity index (χ3v) is 4.62. The van der Waals surface area contributed by atoms with Crippen LogP contribution in [0.25, 0.3) is 0 Å². The van der Waals surface area contributed by atoms with Gasteiger partial charge in [-0.25, -0.2) is 8.42 Å². The number of hydrogen-bond donors (Lipinski definition) is 1. The molecule has 0 aromatic heterocycles. The molecule has 2 rings (SSSR count). The largest absolute Gasteiger partial charge is 0.280 e. The van der Waals surface area contributed by atoms with E-state index in [-0.39, 0.29) is 9.92 Å². The van der Waals surface area contributed by atoms with Crippen molar-refractivity contribution in [2.24, 2.45) is 0 Å². The van der Waals surface area contributed by atoms with Crippen molar-refractivity contribution >= 4 is 27.3 Å². The summed E-state index contributed by atoms with van der Waals surface area (Å²) in [7, 11) is -3.65. The molecule has 0 amide bonds. The van der Waals surface area contributed by atoms with Crippen LogP contribution in [0.4, 0.5) is 5.69 Å². The van der Waals surface area contributed by atoms with Crippen molar-refractivity contribution in [3.05, 3.63) is 59.1 Å². The van der Waals surface area contributed by atoms with Gasteiger partial charge in [0.15, 0.2) is 0 Å². The molecule has 0 fully saturated rings. The quantitative estimate of drug-likeness (QED) is 0.935. The van der Waals surface area contributed by atoms with Crippen molar-refractivity contribution in [3.63, 3.8) is 0 Å². The lowest BCUT2D eigenvalue weighted by Crippen LogP contribution is -2.13. The van der Waals surface area contributed by atoms with Gasteiger partial charge in [0.05, 0.1) is 5.02 Å². The molecule has 0 spiro atoms. The molecule has 0 saturated heterocycles. The van der Waals surface area contributed by atoms with Gasteiger partial charge in [0, 0.05) is 5.69 Å². The maximum atomic E-state index is 12.2. The summed E-state index contributed by atoms with van der Waals surface area (Å²) in [6.45, 7) is 2.04. The fourth-order valence-corrected chi connectivity index (χ4v) is 3.26. The molecule has 1 N–H and O–H groups in total. The topological polar surface area (TPSA) is 46.2 Å². The van der Waals surface area contributed by atoms with Crippen LogP contribution in [0.15, 0.2) is 53.4 Å². The molecule has 0 saturated carbocycles. The lowest BCUT2D eigenvalue weighted by Gasteiger charge is -2.09. The predicted octanol–water partition coefficient (Wildman–Crippen LogP) is 3.70. The van der Waals surface area contributed by atoms with Gasteiger partial charge in [-0.3, -0.25) is 4.72 Å². The minimum Gasteiger partial charge on any atom is -0.280 e. The Morgan fingerprint density at radius 1 is 1.05 bits per heavy atom. The highest BCUT2D eigenvalue weighted by Crippen LogP contribution is 2.23. The normalized spacial score (nSPS) is 11.3. The molecule has 0 atom stereocenters. The second kappa shape index (κ2) is 5.63. The van der Waals surface area contributed by atoms with Crippen LogP contribution in [0.5, 0.6) is 0 Å². The number of nitrogens with one attached hydrogen (secondary N) is 1. The third-order valence-electron chi connectivity index (χ3n) is 2.74. The summed E-state index contributed by atoms with van der Waals surface area (Å²) in [4.78, 5) is 0.0798. The van der Waals surface area contributed by atoms with Crippen LogP contribution in [0.3, 0.4) is 0 Å². The highest BCUT2D eigenvalue weighted by atomic mass is 35.5. The van der Waals surface area contributed by atoms with Gasteiger partial charge in [0.1, 0.15) is 4.90 Å². The fourth-order valence-electron chi connectivity index (χ4n) is 1.68. The van der Waals surface area contributed by atoms with Crippen LogP contribution < -0.4 is 4.72 Å². The molecule has 0 bridgehead atoms. The number of aryl methyl sites for hydroxylation is 1. The van der Waals surface area contributed by atoms with E-state index in [0.29, 0.717) is 5.69 Å². The van der Waals surface area contributed by atoms with Gasteiger partial charge in [0.25, 0.3) is 10.0 Å². The van der Waals surface area contributed by atoms with Crippen LogP contribution in [0, 0.1) is 0 Å². The zero-order chi connectivity index (χ0) is 13.9. The van der Waals surface area contributed by atoms with Crippen molar-refractivity contribution in [1.82, 2.24) is 0 Å². The number of halogens is 1. The molecule has 0 heterocycles. The molecule has 0 aliphatic rings. The van der Waals surface area contributed by atoms with Crippen LogP contribution in [0.1, 0.15) is 12.5 Å². The summed E-state index contributed by atoms with van der Waals surface area (Å²) >= 11 is 5.90. The van der Waals surface area contributed by atoms with Crippen molar-refractivity contribution < 1.29 is 8.42 Å². The van der Waals surface area contributed by atoms with E-state index in [0.717, 1.165) is 12.0 Å². The van der Waals surface area contributed by atoms with Crippen LogP contribution in [-0.4, -0.2) is 8.42 Å². The van der Waals surface area contributed by atoms with E-state index in [9.17, 15) is 8.42 Å². The first-order valence-electron chi connectivity index (χ1n) is 5.89. The van der Waals surface area contributed by atoms with Gasteiger partial charge in [0.2, 0.25) is 0 Å². The molecular weight excluding hydrogens is 282 g/mol. The summed E-state index contributed by atoms with van der Waals surface area (Å²) in [5.41, 5.74) is 1.68. The maximum Gasteiger partial charge on any atom is 0.263 e. The molecule has 2 aromatic rings. The number of anilines is 1. The van der Waals surface area contributed by atoms with E-state index in [4.69, 9.17) is 11.6 Å². The van der Waals surface area contributed by atoms with Crippen molar-refractivity contribution in [1.29, 1.82) is 0 Å². The van der Waals surface area contributed by atoms with Crippen molar-refractivity contribution in [2.45, 2.75) is 18.2 Å². The second-order valence-corrected chi connectivity index (χ2v) is 6.14. The van der Waals surface area contributed by atoms with E-state index in [2.05, 4.69) is 4.72 Å². The van der Waals surface area contributed by atoms with Crippen molar-refractivity contribution in [3.8, 4) is 0 Å². The monoisotopic (exact) mass is 295 g/mol. The average molecular weight is 296 g/mol. The Hall–Kier alpha value is -1.52. The number of rotatable bonds is 4. The molecule has 3 nitrogen and oxygen atoms in total. The van der Waals surface area contributed by atoms with E-state index in [1.165, 1.54) is 6.07 Å². The van der Waals surface area contributed by atoms with Crippen LogP contribution in [-0.2, 0) is 16.4 Å². The molecule has 0 aliphatic heterocycles.